The molecule has 0 bridgehead atoms. The number of ketones is 1. The van der Waals surface area contributed by atoms with E-state index in [1.807, 2.05) is 6.92 Å². The summed E-state index contributed by atoms with van der Waals surface area (Å²) in [5, 5.41) is 9.87. The first-order valence-corrected chi connectivity index (χ1v) is 6.70. The minimum absolute atomic E-state index is 0.175. The first kappa shape index (κ1) is 11.6. The second kappa shape index (κ2) is 3.85. The Balaban J connectivity index is 2.22. The van der Waals surface area contributed by atoms with Gasteiger partial charge in [-0.25, -0.2) is 0 Å². The molecule has 0 aromatic carbocycles. The minimum atomic E-state index is -0.358. The molecule has 2 aliphatic carbocycles. The lowest BCUT2D eigenvalue weighted by atomic mass is 9.57. The fraction of sp³-hybridized carbons (Fsp3) is 0.917. The van der Waals surface area contributed by atoms with Crippen LogP contribution >= 0.6 is 15.9 Å². The van der Waals surface area contributed by atoms with Crippen LogP contribution in [0, 0.1) is 17.3 Å². The maximum absolute atomic E-state index is 12.1. The summed E-state index contributed by atoms with van der Waals surface area (Å²) in [7, 11) is 0. The minimum Gasteiger partial charge on any atom is -0.392 e. The molecule has 2 rings (SSSR count). The summed E-state index contributed by atoms with van der Waals surface area (Å²) in [6.45, 7) is 4.21. The summed E-state index contributed by atoms with van der Waals surface area (Å²) >= 11 is 3.52. The van der Waals surface area contributed by atoms with Crippen LogP contribution in [0.3, 0.4) is 0 Å². The van der Waals surface area contributed by atoms with Gasteiger partial charge in [0.15, 0.2) is 0 Å². The Bertz CT molecular complexity index is 279. The van der Waals surface area contributed by atoms with Gasteiger partial charge in [-0.2, -0.15) is 0 Å². The lowest BCUT2D eigenvalue weighted by Crippen LogP contribution is -2.50. The summed E-state index contributed by atoms with van der Waals surface area (Å²) < 4.78 is 0. The standard InChI is InChI=1S/C12H19BrO2/c1-7-3-8-5-9(13)10(14)6-12(8,2)11(15)4-7/h7-10,14H,3-6H2,1-2H3/t7-,8+,9+,10+,12-/m1/s1. The Labute approximate surface area is 99.6 Å². The Morgan fingerprint density at radius 1 is 1.47 bits per heavy atom. The van der Waals surface area contributed by atoms with E-state index in [4.69, 9.17) is 0 Å². The van der Waals surface area contributed by atoms with E-state index < -0.39 is 0 Å². The number of hydrogen-bond donors (Lipinski definition) is 1. The summed E-state index contributed by atoms with van der Waals surface area (Å²) in [6.07, 6.45) is 3.06. The maximum Gasteiger partial charge on any atom is 0.139 e. The van der Waals surface area contributed by atoms with Crippen LogP contribution in [0.2, 0.25) is 0 Å². The van der Waals surface area contributed by atoms with Crippen LogP contribution in [0.25, 0.3) is 0 Å². The number of carbonyl (C=O) groups excluding carboxylic acids is 1. The number of aliphatic hydroxyl groups excluding tert-OH is 1. The van der Waals surface area contributed by atoms with E-state index in [9.17, 15) is 9.90 Å². The summed E-state index contributed by atoms with van der Waals surface area (Å²) in [4.78, 5) is 12.3. The molecule has 2 nitrogen and oxygen atoms in total. The molecular formula is C12H19BrO2. The number of carbonyl (C=O) groups is 1. The maximum atomic E-state index is 12.1. The van der Waals surface area contributed by atoms with Crippen LogP contribution in [0.15, 0.2) is 0 Å². The quantitative estimate of drug-likeness (QED) is 0.690. The van der Waals surface area contributed by atoms with Gasteiger partial charge in [-0.05, 0) is 31.1 Å². The monoisotopic (exact) mass is 274 g/mol. The Kier molecular flexibility index (Phi) is 2.97. The molecule has 0 amide bonds. The zero-order chi connectivity index (χ0) is 11.2. The van der Waals surface area contributed by atoms with Gasteiger partial charge in [0.2, 0.25) is 0 Å². The van der Waals surface area contributed by atoms with Gasteiger partial charge in [0.1, 0.15) is 5.78 Å². The van der Waals surface area contributed by atoms with Gasteiger partial charge >= 0.3 is 0 Å². The number of aliphatic hydroxyl groups is 1. The molecule has 0 heterocycles. The van der Waals surface area contributed by atoms with Crippen molar-refractivity contribution < 1.29 is 9.90 Å². The highest BCUT2D eigenvalue weighted by atomic mass is 79.9. The number of fused-ring (bicyclic) bond motifs is 1. The molecule has 0 radical (unpaired) electrons. The van der Waals surface area contributed by atoms with Crippen LogP contribution in [-0.4, -0.2) is 21.8 Å². The SMILES string of the molecule is C[C@H]1CC(=O)[C@]2(C)C[C@H](O)[C@@H](Br)C[C@@H]2C1. The zero-order valence-corrected chi connectivity index (χ0v) is 11.0. The van der Waals surface area contributed by atoms with Crippen molar-refractivity contribution in [2.45, 2.75) is 50.5 Å². The second-order valence-electron chi connectivity index (χ2n) is 5.61. The topological polar surface area (TPSA) is 37.3 Å². The van der Waals surface area contributed by atoms with E-state index in [1.165, 1.54) is 0 Å². The molecule has 1 N–H and O–H groups in total. The van der Waals surface area contributed by atoms with Gasteiger partial charge in [0.05, 0.1) is 6.10 Å². The Hall–Kier alpha value is 0.110. The van der Waals surface area contributed by atoms with Crippen molar-refractivity contribution in [2.75, 3.05) is 0 Å². The van der Waals surface area contributed by atoms with Crippen molar-refractivity contribution in [3.05, 3.63) is 0 Å². The average Bonchev–Trinajstić information content (AvgIpc) is 2.12. The van der Waals surface area contributed by atoms with E-state index in [-0.39, 0.29) is 16.3 Å². The van der Waals surface area contributed by atoms with Gasteiger partial charge in [-0.15, -0.1) is 0 Å². The third-order valence-corrected chi connectivity index (χ3v) is 5.30. The highest BCUT2D eigenvalue weighted by molar-refractivity contribution is 9.09. The summed E-state index contributed by atoms with van der Waals surface area (Å²) in [6, 6.07) is 0. The van der Waals surface area contributed by atoms with Crippen LogP contribution in [-0.2, 0) is 4.79 Å². The van der Waals surface area contributed by atoms with Gasteiger partial charge in [0.25, 0.3) is 0 Å². The molecule has 5 atom stereocenters. The highest BCUT2D eigenvalue weighted by Crippen LogP contribution is 2.50. The zero-order valence-electron chi connectivity index (χ0n) is 9.37. The summed E-state index contributed by atoms with van der Waals surface area (Å²) in [5.74, 6) is 1.34. The van der Waals surface area contributed by atoms with Gasteiger partial charge < -0.3 is 5.11 Å². The van der Waals surface area contributed by atoms with Crippen LogP contribution in [0.5, 0.6) is 0 Å². The molecule has 0 unspecified atom stereocenters. The average molecular weight is 275 g/mol. The van der Waals surface area contributed by atoms with Gasteiger partial charge in [-0.3, -0.25) is 4.79 Å². The third-order valence-electron chi connectivity index (χ3n) is 4.32. The molecule has 0 aliphatic heterocycles. The molecule has 2 aliphatic rings. The van der Waals surface area contributed by atoms with Crippen LogP contribution in [0.1, 0.15) is 39.5 Å². The molecule has 0 saturated heterocycles. The van der Waals surface area contributed by atoms with Crippen molar-refractivity contribution in [1.82, 2.24) is 0 Å². The smallest absolute Gasteiger partial charge is 0.139 e. The fourth-order valence-corrected chi connectivity index (χ4v) is 3.87. The molecule has 15 heavy (non-hydrogen) atoms. The van der Waals surface area contributed by atoms with Crippen molar-refractivity contribution in [3.63, 3.8) is 0 Å². The largest absolute Gasteiger partial charge is 0.392 e. The molecule has 0 aromatic heterocycles. The molecule has 2 fully saturated rings. The molecule has 3 heteroatoms. The van der Waals surface area contributed by atoms with E-state index >= 15 is 0 Å². The first-order chi connectivity index (χ1) is 6.93. The number of halogens is 1. The van der Waals surface area contributed by atoms with E-state index in [0.29, 0.717) is 30.5 Å². The van der Waals surface area contributed by atoms with Crippen LogP contribution in [0.4, 0.5) is 0 Å². The number of rotatable bonds is 0. The second-order valence-corrected chi connectivity index (χ2v) is 6.78. The van der Waals surface area contributed by atoms with Crippen molar-refractivity contribution >= 4 is 21.7 Å². The van der Waals surface area contributed by atoms with Gasteiger partial charge in [0, 0.05) is 16.7 Å². The predicted molar refractivity (Wildman–Crippen MR) is 63.0 cm³/mol. The molecule has 86 valence electrons. The van der Waals surface area contributed by atoms with Crippen LogP contribution < -0.4 is 0 Å². The molecule has 0 aromatic rings. The highest BCUT2D eigenvalue weighted by Gasteiger charge is 2.50. The normalized spacial score (nSPS) is 51.3. The van der Waals surface area contributed by atoms with Gasteiger partial charge in [-0.1, -0.05) is 29.8 Å². The number of hydrogen-bond acceptors (Lipinski definition) is 2. The van der Waals surface area contributed by atoms with E-state index in [1.54, 1.807) is 0 Å². The van der Waals surface area contributed by atoms with Crippen molar-refractivity contribution in [1.29, 1.82) is 0 Å². The number of alkyl halides is 1. The first-order valence-electron chi connectivity index (χ1n) is 5.79. The third kappa shape index (κ3) is 1.89. The Morgan fingerprint density at radius 3 is 2.80 bits per heavy atom. The van der Waals surface area contributed by atoms with E-state index in [2.05, 4.69) is 22.9 Å². The van der Waals surface area contributed by atoms with Crippen molar-refractivity contribution in [2.24, 2.45) is 17.3 Å². The van der Waals surface area contributed by atoms with Crippen molar-refractivity contribution in [3.8, 4) is 0 Å². The fourth-order valence-electron chi connectivity index (χ4n) is 3.23. The number of Topliss-reactive ketones (excluding diaryl/α,β-unsaturated/α-hetero) is 1. The lowest BCUT2D eigenvalue weighted by molar-refractivity contribution is -0.141. The predicted octanol–water partition coefficient (Wildman–Crippen LogP) is 2.53. The summed E-state index contributed by atoms with van der Waals surface area (Å²) in [5.41, 5.74) is -0.254. The molecular weight excluding hydrogens is 256 g/mol. The molecule has 2 saturated carbocycles. The molecule has 0 spiro atoms. The lowest BCUT2D eigenvalue weighted by Gasteiger charge is -2.48. The Morgan fingerprint density at radius 2 is 2.13 bits per heavy atom. The van der Waals surface area contributed by atoms with E-state index in [0.717, 1.165) is 12.8 Å².